The lowest BCUT2D eigenvalue weighted by atomic mass is 9.72. The van der Waals surface area contributed by atoms with Gasteiger partial charge in [-0.2, -0.15) is 4.31 Å². The lowest BCUT2D eigenvalue weighted by Crippen LogP contribution is -2.33. The summed E-state index contributed by atoms with van der Waals surface area (Å²) in [5.41, 5.74) is 4.11. The fourth-order valence-electron chi connectivity index (χ4n) is 5.88. The molecule has 0 radical (unpaired) electrons. The molecular weight excluding hydrogens is 544 g/mol. The van der Waals surface area contributed by atoms with Crippen molar-refractivity contribution in [3.63, 3.8) is 0 Å². The summed E-state index contributed by atoms with van der Waals surface area (Å²) >= 11 is 1.54. The third-order valence-corrected chi connectivity index (χ3v) is 11.3. The molecule has 1 unspecified atom stereocenters. The number of hydrogen-bond donors (Lipinski definition) is 1. The largest absolute Gasteiger partial charge is 0.481 e. The predicted octanol–water partition coefficient (Wildman–Crippen LogP) is 5.76. The van der Waals surface area contributed by atoms with E-state index in [2.05, 4.69) is 17.2 Å². The van der Waals surface area contributed by atoms with Gasteiger partial charge in [0.1, 0.15) is 5.52 Å². The van der Waals surface area contributed by atoms with Gasteiger partial charge in [-0.25, -0.2) is 13.1 Å². The Hall–Kier alpha value is -3.08. The highest BCUT2D eigenvalue weighted by molar-refractivity contribution is 7.89. The maximum Gasteiger partial charge on any atom is 0.310 e. The average Bonchev–Trinajstić information content (AvgIpc) is 3.46. The number of benzene rings is 2. The van der Waals surface area contributed by atoms with Gasteiger partial charge in [-0.15, -0.1) is 16.4 Å². The smallest absolute Gasteiger partial charge is 0.310 e. The number of rotatable bonds is 7. The van der Waals surface area contributed by atoms with Gasteiger partial charge in [-0.05, 0) is 87.4 Å². The molecule has 2 atom stereocenters. The number of sulfonamides is 1. The number of thiophene rings is 1. The van der Waals surface area contributed by atoms with E-state index in [0.717, 1.165) is 43.0 Å². The van der Waals surface area contributed by atoms with Crippen molar-refractivity contribution in [2.75, 3.05) is 6.54 Å². The van der Waals surface area contributed by atoms with E-state index in [9.17, 15) is 18.3 Å². The van der Waals surface area contributed by atoms with Crippen LogP contribution in [0.25, 0.3) is 11.0 Å². The van der Waals surface area contributed by atoms with E-state index in [1.165, 1.54) is 11.3 Å². The van der Waals surface area contributed by atoms with Crippen LogP contribution in [0.4, 0.5) is 0 Å². The Balaban J connectivity index is 1.59. The van der Waals surface area contributed by atoms with Gasteiger partial charge in [0.15, 0.2) is 0 Å². The van der Waals surface area contributed by atoms with Crippen molar-refractivity contribution >= 4 is 38.4 Å². The molecular formula is C30H36N4O4S2. The molecule has 8 nitrogen and oxygen atoms in total. The number of aliphatic carboxylic acids is 1. The first-order chi connectivity index (χ1) is 18.9. The minimum Gasteiger partial charge on any atom is -0.481 e. The number of hydrogen-bond acceptors (Lipinski definition) is 6. The normalized spacial score (nSPS) is 18.4. The van der Waals surface area contributed by atoms with Crippen molar-refractivity contribution in [2.45, 2.75) is 71.9 Å². The molecule has 10 heteroatoms. The van der Waals surface area contributed by atoms with Crippen molar-refractivity contribution < 1.29 is 18.3 Å². The molecule has 0 fully saturated rings. The monoisotopic (exact) mass is 580 g/mol. The van der Waals surface area contributed by atoms with E-state index in [4.69, 9.17) is 0 Å². The molecule has 4 aromatic rings. The first-order valence-electron chi connectivity index (χ1n) is 13.6. The quantitative estimate of drug-likeness (QED) is 0.298. The third-order valence-electron chi connectivity index (χ3n) is 8.21. The molecule has 5 rings (SSSR count). The topological polar surface area (TPSA) is 105 Å². The molecule has 0 spiro atoms. The zero-order valence-corrected chi connectivity index (χ0v) is 25.4. The van der Waals surface area contributed by atoms with Gasteiger partial charge < -0.3 is 5.11 Å². The number of nitrogens with zero attached hydrogens (tertiary/aromatic N) is 4. The van der Waals surface area contributed by atoms with Gasteiger partial charge in [0, 0.05) is 35.3 Å². The van der Waals surface area contributed by atoms with Crippen molar-refractivity contribution in [3.05, 3.63) is 74.5 Å². The molecule has 0 bridgehead atoms. The van der Waals surface area contributed by atoms with Crippen molar-refractivity contribution in [1.82, 2.24) is 19.3 Å². The standard InChI is InChI=1S/C30H36N4O4S2/c1-7-34-24-13-12-23(19(3)28(24)31-32-34)27(30(5,6)29(35)36)25-15-22(20(4)39-25)17-33-16-18(2)14-21-10-8-9-11-26(21)40(33,37)38/h8-13,15,18,27H,7,14,16-17H2,1-6H3,(H,35,36)/t18-,27?/m1/s1. The number of fused-ring (bicyclic) bond motifs is 2. The molecule has 212 valence electrons. The van der Waals surface area contributed by atoms with Crippen molar-refractivity contribution in [2.24, 2.45) is 11.3 Å². The second-order valence-electron chi connectivity index (χ2n) is 11.5. The Morgan fingerprint density at radius 3 is 2.62 bits per heavy atom. The highest BCUT2D eigenvalue weighted by Crippen LogP contribution is 2.47. The minimum absolute atomic E-state index is 0.168. The molecule has 40 heavy (non-hydrogen) atoms. The van der Waals surface area contributed by atoms with Crippen LogP contribution in [0.15, 0.2) is 47.4 Å². The van der Waals surface area contributed by atoms with Crippen LogP contribution in [0.2, 0.25) is 0 Å². The van der Waals surface area contributed by atoms with Crippen LogP contribution < -0.4 is 0 Å². The van der Waals surface area contributed by atoms with Crippen LogP contribution in [0.5, 0.6) is 0 Å². The van der Waals surface area contributed by atoms with E-state index >= 15 is 0 Å². The maximum atomic E-state index is 13.7. The van der Waals surface area contributed by atoms with Gasteiger partial charge in [0.05, 0.1) is 15.8 Å². The van der Waals surface area contributed by atoms with Crippen LogP contribution >= 0.6 is 11.3 Å². The second kappa shape index (κ2) is 10.4. The molecule has 3 heterocycles. The Morgan fingerprint density at radius 2 is 1.93 bits per heavy atom. The third kappa shape index (κ3) is 4.76. The lowest BCUT2D eigenvalue weighted by Gasteiger charge is -2.31. The first kappa shape index (κ1) is 28.4. The van der Waals surface area contributed by atoms with Gasteiger partial charge in [0.2, 0.25) is 10.0 Å². The Kier molecular flexibility index (Phi) is 7.39. The van der Waals surface area contributed by atoms with Crippen molar-refractivity contribution in [1.29, 1.82) is 0 Å². The van der Waals surface area contributed by atoms with Gasteiger partial charge in [-0.3, -0.25) is 4.79 Å². The van der Waals surface area contributed by atoms with E-state index < -0.39 is 27.3 Å². The fraction of sp³-hybridized carbons (Fsp3) is 0.433. The fourth-order valence-corrected chi connectivity index (χ4v) is 9.00. The van der Waals surface area contributed by atoms with E-state index in [0.29, 0.717) is 24.4 Å². The van der Waals surface area contributed by atoms with Crippen LogP contribution in [-0.2, 0) is 34.3 Å². The molecule has 1 aliphatic rings. The first-order valence-corrected chi connectivity index (χ1v) is 15.8. The second-order valence-corrected chi connectivity index (χ2v) is 14.7. The number of carbonyl (C=O) groups is 1. The number of carboxylic acids is 1. The summed E-state index contributed by atoms with van der Waals surface area (Å²) in [7, 11) is -3.68. The van der Waals surface area contributed by atoms with Crippen LogP contribution in [0.3, 0.4) is 0 Å². The molecule has 0 aliphatic carbocycles. The van der Waals surface area contributed by atoms with E-state index in [1.54, 1.807) is 30.3 Å². The van der Waals surface area contributed by atoms with Crippen LogP contribution in [0, 0.1) is 25.2 Å². The van der Waals surface area contributed by atoms with Crippen molar-refractivity contribution in [3.8, 4) is 0 Å². The van der Waals surface area contributed by atoms with Gasteiger partial charge in [-0.1, -0.05) is 36.4 Å². The SMILES string of the molecule is CCn1nnc2c(C)c(C(c3cc(CN4C[C@H](C)Cc5ccccc5S4(=O)=O)c(C)s3)C(C)(C)C(=O)O)ccc21. The molecule has 0 saturated heterocycles. The summed E-state index contributed by atoms with van der Waals surface area (Å²) in [6.45, 7) is 12.9. The zero-order valence-electron chi connectivity index (χ0n) is 23.8. The summed E-state index contributed by atoms with van der Waals surface area (Å²) in [6.07, 6.45) is 0.707. The summed E-state index contributed by atoms with van der Waals surface area (Å²) in [5, 5.41) is 19.0. The van der Waals surface area contributed by atoms with Gasteiger partial charge in [0.25, 0.3) is 0 Å². The lowest BCUT2D eigenvalue weighted by molar-refractivity contribution is -0.147. The van der Waals surface area contributed by atoms with Crippen LogP contribution in [-0.4, -0.2) is 45.3 Å². The Bertz CT molecular complexity index is 1700. The van der Waals surface area contributed by atoms with E-state index in [1.807, 2.05) is 55.8 Å². The maximum absolute atomic E-state index is 13.7. The Morgan fingerprint density at radius 1 is 1.20 bits per heavy atom. The number of aromatic nitrogens is 3. The molecule has 0 saturated carbocycles. The molecule has 1 N–H and O–H groups in total. The summed E-state index contributed by atoms with van der Waals surface area (Å²) < 4.78 is 30.9. The predicted molar refractivity (Wildman–Crippen MR) is 157 cm³/mol. The molecule has 0 amide bonds. The van der Waals surface area contributed by atoms with Crippen LogP contribution in [0.1, 0.15) is 65.6 Å². The molecule has 2 aromatic carbocycles. The molecule has 2 aromatic heterocycles. The molecule has 1 aliphatic heterocycles. The average molecular weight is 581 g/mol. The summed E-state index contributed by atoms with van der Waals surface area (Å²) in [5.74, 6) is -1.19. The zero-order chi connectivity index (χ0) is 29.0. The number of aryl methyl sites for hydroxylation is 3. The minimum atomic E-state index is -3.68. The summed E-state index contributed by atoms with van der Waals surface area (Å²) in [6, 6.07) is 13.2. The number of carboxylic acid groups (broad SMARTS) is 1. The highest BCUT2D eigenvalue weighted by Gasteiger charge is 2.41. The van der Waals surface area contributed by atoms with E-state index in [-0.39, 0.29) is 12.5 Å². The van der Waals surface area contributed by atoms with Gasteiger partial charge >= 0.3 is 5.97 Å². The highest BCUT2D eigenvalue weighted by atomic mass is 32.2. The Labute approximate surface area is 239 Å². The summed E-state index contributed by atoms with van der Waals surface area (Å²) in [4.78, 5) is 14.9.